The number of hydrogen-bond donors (Lipinski definition) is 2. The molecule has 1 atom stereocenters. The van der Waals surface area contributed by atoms with Gasteiger partial charge in [-0.15, -0.1) is 0 Å². The molecule has 3 rings (SSSR count). The SMILES string of the molecule is O=C(CNC(=O)c1ccccc1)N[C@@H]1CCN(Cc2ccccc2)C1. The third-order valence-corrected chi connectivity index (χ3v) is 4.33. The average Bonchev–Trinajstić information content (AvgIpc) is 3.08. The van der Waals surface area contributed by atoms with Crippen molar-refractivity contribution in [3.05, 3.63) is 71.8 Å². The molecule has 0 unspecified atom stereocenters. The van der Waals surface area contributed by atoms with Crippen molar-refractivity contribution in [1.82, 2.24) is 15.5 Å². The third-order valence-electron chi connectivity index (χ3n) is 4.33. The maximum absolute atomic E-state index is 12.1. The van der Waals surface area contributed by atoms with E-state index in [9.17, 15) is 9.59 Å². The number of carbonyl (C=O) groups is 2. The Morgan fingerprint density at radius 1 is 1.00 bits per heavy atom. The van der Waals surface area contributed by atoms with Crippen molar-refractivity contribution in [2.24, 2.45) is 0 Å². The van der Waals surface area contributed by atoms with Crippen LogP contribution < -0.4 is 10.6 Å². The smallest absolute Gasteiger partial charge is 0.251 e. The number of nitrogens with one attached hydrogen (secondary N) is 2. The van der Waals surface area contributed by atoms with Crippen molar-refractivity contribution in [1.29, 1.82) is 0 Å². The molecule has 5 heteroatoms. The quantitative estimate of drug-likeness (QED) is 0.845. The van der Waals surface area contributed by atoms with Crippen LogP contribution in [0.25, 0.3) is 0 Å². The lowest BCUT2D eigenvalue weighted by molar-refractivity contribution is -0.120. The van der Waals surface area contributed by atoms with E-state index >= 15 is 0 Å². The summed E-state index contributed by atoms with van der Waals surface area (Å²) in [5.41, 5.74) is 1.84. The molecule has 0 bridgehead atoms. The van der Waals surface area contributed by atoms with Gasteiger partial charge in [-0.3, -0.25) is 14.5 Å². The summed E-state index contributed by atoms with van der Waals surface area (Å²) in [5.74, 6) is -0.372. The predicted molar refractivity (Wildman–Crippen MR) is 97.0 cm³/mol. The molecule has 0 aromatic heterocycles. The van der Waals surface area contributed by atoms with Gasteiger partial charge in [-0.2, -0.15) is 0 Å². The van der Waals surface area contributed by atoms with Crippen LogP contribution in [0.4, 0.5) is 0 Å². The Morgan fingerprint density at radius 3 is 2.40 bits per heavy atom. The van der Waals surface area contributed by atoms with Crippen LogP contribution in [0, 0.1) is 0 Å². The van der Waals surface area contributed by atoms with Gasteiger partial charge in [0.25, 0.3) is 5.91 Å². The molecule has 0 spiro atoms. The molecule has 2 amide bonds. The monoisotopic (exact) mass is 337 g/mol. The molecule has 0 aliphatic carbocycles. The molecule has 1 aliphatic rings. The fourth-order valence-electron chi connectivity index (χ4n) is 3.07. The predicted octanol–water partition coefficient (Wildman–Crippen LogP) is 1.81. The number of amides is 2. The van der Waals surface area contributed by atoms with Crippen LogP contribution in [0.1, 0.15) is 22.3 Å². The Kier molecular flexibility index (Phi) is 5.80. The van der Waals surface area contributed by atoms with Gasteiger partial charge >= 0.3 is 0 Å². The number of nitrogens with zero attached hydrogens (tertiary/aromatic N) is 1. The summed E-state index contributed by atoms with van der Waals surface area (Å²) in [7, 11) is 0. The third kappa shape index (κ3) is 5.16. The number of carbonyl (C=O) groups excluding carboxylic acids is 2. The van der Waals surface area contributed by atoms with E-state index in [0.717, 1.165) is 26.1 Å². The highest BCUT2D eigenvalue weighted by atomic mass is 16.2. The van der Waals surface area contributed by atoms with Gasteiger partial charge in [0, 0.05) is 31.2 Å². The standard InChI is InChI=1S/C20H23N3O2/c24-19(13-21-20(25)17-9-5-2-6-10-17)22-18-11-12-23(15-18)14-16-7-3-1-4-8-16/h1-10,18H,11-15H2,(H,21,25)(H,22,24)/t18-/m1/s1. The van der Waals surface area contributed by atoms with Crippen LogP contribution >= 0.6 is 0 Å². The molecule has 130 valence electrons. The molecule has 1 aliphatic heterocycles. The summed E-state index contributed by atoms with van der Waals surface area (Å²) in [5, 5.41) is 5.67. The molecule has 2 aromatic carbocycles. The topological polar surface area (TPSA) is 61.4 Å². The number of benzene rings is 2. The number of likely N-dealkylation sites (tertiary alicyclic amines) is 1. The van der Waals surface area contributed by atoms with Gasteiger partial charge in [-0.25, -0.2) is 0 Å². The van der Waals surface area contributed by atoms with Gasteiger partial charge < -0.3 is 10.6 Å². The lowest BCUT2D eigenvalue weighted by atomic mass is 10.2. The minimum atomic E-state index is -0.229. The van der Waals surface area contributed by atoms with Gasteiger partial charge in [0.15, 0.2) is 0 Å². The fourth-order valence-corrected chi connectivity index (χ4v) is 3.07. The molecule has 0 radical (unpaired) electrons. The van der Waals surface area contributed by atoms with Gasteiger partial charge in [-0.05, 0) is 24.1 Å². The van der Waals surface area contributed by atoms with E-state index in [1.807, 2.05) is 24.3 Å². The maximum atomic E-state index is 12.1. The summed E-state index contributed by atoms with van der Waals surface area (Å²) in [4.78, 5) is 26.3. The first kappa shape index (κ1) is 17.2. The van der Waals surface area contributed by atoms with Crippen molar-refractivity contribution in [3.8, 4) is 0 Å². The van der Waals surface area contributed by atoms with E-state index < -0.39 is 0 Å². The van der Waals surface area contributed by atoms with Crippen molar-refractivity contribution in [2.45, 2.75) is 19.0 Å². The highest BCUT2D eigenvalue weighted by Crippen LogP contribution is 2.13. The highest BCUT2D eigenvalue weighted by Gasteiger charge is 2.23. The van der Waals surface area contributed by atoms with Crippen molar-refractivity contribution in [3.63, 3.8) is 0 Å². The zero-order chi connectivity index (χ0) is 17.5. The molecule has 1 fully saturated rings. The van der Waals surface area contributed by atoms with Crippen LogP contribution in [0.3, 0.4) is 0 Å². The minimum absolute atomic E-state index is 0.00289. The molecule has 2 N–H and O–H groups in total. The minimum Gasteiger partial charge on any atom is -0.350 e. The van der Waals surface area contributed by atoms with Gasteiger partial charge in [0.1, 0.15) is 0 Å². The van der Waals surface area contributed by atoms with Gasteiger partial charge in [-0.1, -0.05) is 48.5 Å². The van der Waals surface area contributed by atoms with Gasteiger partial charge in [0.2, 0.25) is 5.91 Å². The zero-order valence-corrected chi connectivity index (χ0v) is 14.2. The average molecular weight is 337 g/mol. The molecule has 0 saturated carbocycles. The second-order valence-corrected chi connectivity index (χ2v) is 6.32. The second-order valence-electron chi connectivity index (χ2n) is 6.32. The fraction of sp³-hybridized carbons (Fsp3) is 0.300. The molecule has 5 nitrogen and oxygen atoms in total. The van der Waals surface area contributed by atoms with Crippen LogP contribution in [0.15, 0.2) is 60.7 Å². The van der Waals surface area contributed by atoms with Crippen LogP contribution in [-0.4, -0.2) is 42.4 Å². The summed E-state index contributed by atoms with van der Waals surface area (Å²) in [6, 6.07) is 19.4. The van der Waals surface area contributed by atoms with Crippen molar-refractivity contribution < 1.29 is 9.59 Å². The number of rotatable bonds is 6. The maximum Gasteiger partial charge on any atom is 0.251 e. The first-order valence-corrected chi connectivity index (χ1v) is 8.59. The summed E-state index contributed by atoms with van der Waals surface area (Å²) >= 11 is 0. The Hall–Kier alpha value is -2.66. The normalized spacial score (nSPS) is 17.2. The Bertz CT molecular complexity index is 703. The van der Waals surface area contributed by atoms with E-state index in [1.54, 1.807) is 24.3 Å². The lowest BCUT2D eigenvalue weighted by Crippen LogP contribution is -2.43. The summed E-state index contributed by atoms with van der Waals surface area (Å²) < 4.78 is 0. The first-order valence-electron chi connectivity index (χ1n) is 8.59. The van der Waals surface area contributed by atoms with E-state index in [-0.39, 0.29) is 24.4 Å². The molecule has 1 heterocycles. The van der Waals surface area contributed by atoms with Crippen LogP contribution in [0.5, 0.6) is 0 Å². The van der Waals surface area contributed by atoms with E-state index in [1.165, 1.54) is 5.56 Å². The van der Waals surface area contributed by atoms with Crippen molar-refractivity contribution >= 4 is 11.8 Å². The first-order chi connectivity index (χ1) is 12.2. The van der Waals surface area contributed by atoms with E-state index in [4.69, 9.17) is 0 Å². The molecule has 25 heavy (non-hydrogen) atoms. The molecule has 2 aromatic rings. The largest absolute Gasteiger partial charge is 0.350 e. The molecule has 1 saturated heterocycles. The van der Waals surface area contributed by atoms with Crippen LogP contribution in [0.2, 0.25) is 0 Å². The summed E-state index contributed by atoms with van der Waals surface area (Å²) in [6.07, 6.45) is 0.936. The zero-order valence-electron chi connectivity index (χ0n) is 14.2. The Morgan fingerprint density at radius 2 is 1.68 bits per heavy atom. The Labute approximate surface area is 148 Å². The van der Waals surface area contributed by atoms with Gasteiger partial charge in [0.05, 0.1) is 6.54 Å². The van der Waals surface area contributed by atoms with Crippen LogP contribution in [-0.2, 0) is 11.3 Å². The molecular formula is C20H23N3O2. The highest BCUT2D eigenvalue weighted by molar-refractivity contribution is 5.96. The Balaban J connectivity index is 1.39. The number of hydrogen-bond acceptors (Lipinski definition) is 3. The van der Waals surface area contributed by atoms with E-state index in [0.29, 0.717) is 5.56 Å². The van der Waals surface area contributed by atoms with Crippen molar-refractivity contribution in [2.75, 3.05) is 19.6 Å². The summed E-state index contributed by atoms with van der Waals surface area (Å²) in [6.45, 7) is 2.71. The molecular weight excluding hydrogens is 314 g/mol. The second kappa shape index (κ2) is 8.44. The van der Waals surface area contributed by atoms with E-state index in [2.05, 4.69) is 27.7 Å². The lowest BCUT2D eigenvalue weighted by Gasteiger charge is -2.17.